The first-order valence-corrected chi connectivity index (χ1v) is 6.17. The van der Waals surface area contributed by atoms with Crippen molar-refractivity contribution < 1.29 is 0 Å². The van der Waals surface area contributed by atoms with Crippen molar-refractivity contribution in [2.75, 3.05) is 0 Å². The molecule has 0 spiro atoms. The summed E-state index contributed by atoms with van der Waals surface area (Å²) in [6.45, 7) is 0.519. The molecule has 0 unspecified atom stereocenters. The third-order valence-corrected chi connectivity index (χ3v) is 3.58. The predicted molar refractivity (Wildman–Crippen MR) is 68.4 cm³/mol. The molecule has 0 N–H and O–H groups in total. The highest BCUT2D eigenvalue weighted by atomic mass is 32.1. The predicted octanol–water partition coefficient (Wildman–Crippen LogP) is 1.84. The van der Waals surface area contributed by atoms with Crippen LogP contribution in [0.25, 0.3) is 10.1 Å². The molecule has 0 aliphatic rings. The van der Waals surface area contributed by atoms with E-state index >= 15 is 0 Å². The van der Waals surface area contributed by atoms with Gasteiger partial charge in [-0.1, -0.05) is 0 Å². The lowest BCUT2D eigenvalue weighted by molar-refractivity contribution is 0.695. The van der Waals surface area contributed by atoms with Gasteiger partial charge in [0.15, 0.2) is 0 Å². The molecule has 5 heteroatoms. The number of fused-ring (bicyclic) bond motifs is 1. The van der Waals surface area contributed by atoms with Gasteiger partial charge >= 0.3 is 0 Å². The van der Waals surface area contributed by atoms with Gasteiger partial charge in [-0.2, -0.15) is 5.10 Å². The zero-order chi connectivity index (χ0) is 11.8. The first kappa shape index (κ1) is 10.3. The van der Waals surface area contributed by atoms with Crippen molar-refractivity contribution in [2.24, 2.45) is 7.05 Å². The maximum Gasteiger partial charge on any atom is 0.259 e. The van der Waals surface area contributed by atoms with Gasteiger partial charge < -0.3 is 4.57 Å². The molecule has 0 atom stereocenters. The van der Waals surface area contributed by atoms with E-state index < -0.39 is 0 Å². The summed E-state index contributed by atoms with van der Waals surface area (Å²) >= 11 is 1.59. The fourth-order valence-corrected chi connectivity index (χ4v) is 2.63. The highest BCUT2D eigenvalue weighted by Gasteiger charge is 2.05. The van der Waals surface area contributed by atoms with Crippen LogP contribution in [0.5, 0.6) is 0 Å². The first-order valence-electron chi connectivity index (χ1n) is 5.29. The third-order valence-electron chi connectivity index (χ3n) is 2.69. The van der Waals surface area contributed by atoms with Gasteiger partial charge in [0.1, 0.15) is 0 Å². The van der Waals surface area contributed by atoms with Gasteiger partial charge in [-0.05, 0) is 23.6 Å². The Bertz CT molecular complexity index is 723. The minimum atomic E-state index is 0.0504. The van der Waals surface area contributed by atoms with Crippen LogP contribution in [-0.2, 0) is 13.6 Å². The standard InChI is InChI=1S/C12H11N3OS/c1-14-5-2-9(13-14)8-15-6-3-11-10(12(15)16)4-7-17-11/h2-7H,8H2,1H3. The van der Waals surface area contributed by atoms with Crippen LogP contribution in [0.3, 0.4) is 0 Å². The number of hydrogen-bond acceptors (Lipinski definition) is 3. The van der Waals surface area contributed by atoms with E-state index in [0.29, 0.717) is 6.54 Å². The molecular weight excluding hydrogens is 234 g/mol. The normalized spacial score (nSPS) is 11.1. The quantitative estimate of drug-likeness (QED) is 0.691. The molecule has 0 radical (unpaired) electrons. The minimum Gasteiger partial charge on any atom is -0.309 e. The summed E-state index contributed by atoms with van der Waals surface area (Å²) in [4.78, 5) is 12.1. The molecule has 0 aliphatic carbocycles. The van der Waals surface area contributed by atoms with Crippen molar-refractivity contribution in [1.82, 2.24) is 14.3 Å². The summed E-state index contributed by atoms with van der Waals surface area (Å²) in [5.74, 6) is 0. The van der Waals surface area contributed by atoms with E-state index in [9.17, 15) is 4.79 Å². The Labute approximate surface area is 102 Å². The third kappa shape index (κ3) is 1.78. The minimum absolute atomic E-state index is 0.0504. The van der Waals surface area contributed by atoms with Crippen molar-refractivity contribution in [3.63, 3.8) is 0 Å². The van der Waals surface area contributed by atoms with Crippen molar-refractivity contribution in [3.05, 3.63) is 52.0 Å². The van der Waals surface area contributed by atoms with Crippen molar-refractivity contribution >= 4 is 21.4 Å². The Morgan fingerprint density at radius 2 is 2.18 bits per heavy atom. The van der Waals surface area contributed by atoms with Gasteiger partial charge in [-0.3, -0.25) is 9.48 Å². The lowest BCUT2D eigenvalue weighted by atomic mass is 10.3. The van der Waals surface area contributed by atoms with Crippen molar-refractivity contribution in [1.29, 1.82) is 0 Å². The largest absolute Gasteiger partial charge is 0.309 e. The SMILES string of the molecule is Cn1ccc(Cn2ccc3sccc3c2=O)n1. The Hall–Kier alpha value is -1.88. The molecular formula is C12H11N3OS. The van der Waals surface area contributed by atoms with Crippen LogP contribution in [0.2, 0.25) is 0 Å². The maximum absolute atomic E-state index is 12.1. The van der Waals surface area contributed by atoms with Crippen LogP contribution in [0.4, 0.5) is 0 Å². The Kier molecular flexibility index (Phi) is 2.33. The van der Waals surface area contributed by atoms with Crippen molar-refractivity contribution in [3.8, 4) is 0 Å². The highest BCUT2D eigenvalue weighted by molar-refractivity contribution is 7.17. The Morgan fingerprint density at radius 3 is 2.94 bits per heavy atom. The summed E-state index contributed by atoms with van der Waals surface area (Å²) in [6.07, 6.45) is 3.71. The van der Waals surface area contributed by atoms with Crippen molar-refractivity contribution in [2.45, 2.75) is 6.54 Å². The fraction of sp³-hybridized carbons (Fsp3) is 0.167. The molecule has 0 amide bonds. The summed E-state index contributed by atoms with van der Waals surface area (Å²) in [5, 5.41) is 7.00. The number of rotatable bonds is 2. The molecule has 3 aromatic heterocycles. The molecule has 86 valence electrons. The van der Waals surface area contributed by atoms with Crippen LogP contribution in [0.15, 0.2) is 40.8 Å². The second-order valence-electron chi connectivity index (χ2n) is 3.93. The number of hydrogen-bond donors (Lipinski definition) is 0. The molecule has 0 saturated carbocycles. The van der Waals surface area contributed by atoms with Gasteiger partial charge in [-0.15, -0.1) is 11.3 Å². The number of aromatic nitrogens is 3. The zero-order valence-corrected chi connectivity index (χ0v) is 10.1. The molecule has 17 heavy (non-hydrogen) atoms. The number of thiophene rings is 1. The van der Waals surface area contributed by atoms with Gasteiger partial charge in [0.05, 0.1) is 17.6 Å². The lowest BCUT2D eigenvalue weighted by Crippen LogP contribution is -2.19. The molecule has 3 aromatic rings. The molecule has 0 aliphatic heterocycles. The second kappa shape index (κ2) is 3.85. The summed E-state index contributed by atoms with van der Waals surface area (Å²) in [7, 11) is 1.87. The Balaban J connectivity index is 2.06. The maximum atomic E-state index is 12.1. The molecule has 3 rings (SSSR count). The van der Waals surface area contributed by atoms with E-state index in [-0.39, 0.29) is 5.56 Å². The van der Waals surface area contributed by atoms with E-state index in [0.717, 1.165) is 15.8 Å². The monoisotopic (exact) mass is 245 g/mol. The van der Waals surface area contributed by atoms with Crippen LogP contribution in [0, 0.1) is 0 Å². The first-order chi connectivity index (χ1) is 8.24. The van der Waals surface area contributed by atoms with E-state index in [1.807, 2.05) is 43.0 Å². The molecule has 3 heterocycles. The highest BCUT2D eigenvalue weighted by Crippen LogP contribution is 2.16. The zero-order valence-electron chi connectivity index (χ0n) is 9.33. The van der Waals surface area contributed by atoms with Gasteiger partial charge in [0.2, 0.25) is 0 Å². The lowest BCUT2D eigenvalue weighted by Gasteiger charge is -2.02. The Morgan fingerprint density at radius 1 is 1.29 bits per heavy atom. The van der Waals surface area contributed by atoms with Crippen LogP contribution < -0.4 is 5.56 Å². The molecule has 0 aromatic carbocycles. The van der Waals surface area contributed by atoms with Crippen LogP contribution in [0.1, 0.15) is 5.69 Å². The van der Waals surface area contributed by atoms with E-state index in [2.05, 4.69) is 5.10 Å². The summed E-state index contributed by atoms with van der Waals surface area (Å²) in [6, 6.07) is 5.77. The van der Waals surface area contributed by atoms with E-state index in [4.69, 9.17) is 0 Å². The second-order valence-corrected chi connectivity index (χ2v) is 4.88. The summed E-state index contributed by atoms with van der Waals surface area (Å²) < 4.78 is 4.47. The topological polar surface area (TPSA) is 39.8 Å². The smallest absolute Gasteiger partial charge is 0.259 e. The number of nitrogens with zero attached hydrogens (tertiary/aromatic N) is 3. The van der Waals surface area contributed by atoms with Gasteiger partial charge in [-0.25, -0.2) is 0 Å². The summed E-state index contributed by atoms with van der Waals surface area (Å²) in [5.41, 5.74) is 0.943. The van der Waals surface area contributed by atoms with Crippen LogP contribution >= 0.6 is 11.3 Å². The number of aryl methyl sites for hydroxylation is 1. The van der Waals surface area contributed by atoms with E-state index in [1.54, 1.807) is 20.6 Å². The molecule has 0 fully saturated rings. The molecule has 0 bridgehead atoms. The van der Waals surface area contributed by atoms with Gasteiger partial charge in [0, 0.05) is 24.1 Å². The average Bonchev–Trinajstić information content (AvgIpc) is 2.92. The van der Waals surface area contributed by atoms with Crippen LogP contribution in [-0.4, -0.2) is 14.3 Å². The van der Waals surface area contributed by atoms with E-state index in [1.165, 1.54) is 0 Å². The van der Waals surface area contributed by atoms with Gasteiger partial charge in [0.25, 0.3) is 5.56 Å². The molecule has 0 saturated heterocycles. The number of pyridine rings is 1. The average molecular weight is 245 g/mol. The fourth-order valence-electron chi connectivity index (χ4n) is 1.85. The molecule has 4 nitrogen and oxygen atoms in total.